The van der Waals surface area contributed by atoms with Gasteiger partial charge in [0.2, 0.25) is 5.91 Å². The van der Waals surface area contributed by atoms with Gasteiger partial charge in [0.25, 0.3) is 0 Å². The van der Waals surface area contributed by atoms with Gasteiger partial charge in [-0.1, -0.05) is 22.0 Å². The molecule has 104 valence electrons. The molecular formula is C15H21BrN2O. The summed E-state index contributed by atoms with van der Waals surface area (Å²) in [5.41, 5.74) is 2.00. The van der Waals surface area contributed by atoms with Crippen molar-refractivity contribution in [3.8, 4) is 0 Å². The Morgan fingerprint density at radius 1 is 1.53 bits per heavy atom. The Morgan fingerprint density at radius 3 is 3.11 bits per heavy atom. The van der Waals surface area contributed by atoms with Crippen molar-refractivity contribution < 1.29 is 4.79 Å². The van der Waals surface area contributed by atoms with Crippen LogP contribution in [-0.2, 0) is 4.79 Å². The van der Waals surface area contributed by atoms with Crippen molar-refractivity contribution in [2.75, 3.05) is 18.4 Å². The molecule has 3 nitrogen and oxygen atoms in total. The lowest BCUT2D eigenvalue weighted by Gasteiger charge is -2.22. The molecule has 0 aromatic heterocycles. The number of rotatable bonds is 4. The molecule has 1 aliphatic rings. The van der Waals surface area contributed by atoms with Crippen molar-refractivity contribution in [1.82, 2.24) is 5.32 Å². The third-order valence-electron chi connectivity index (χ3n) is 3.65. The Balaban J connectivity index is 1.81. The van der Waals surface area contributed by atoms with E-state index in [2.05, 4.69) is 26.6 Å². The Hall–Kier alpha value is -0.870. The molecule has 0 spiro atoms. The number of benzene rings is 1. The van der Waals surface area contributed by atoms with Crippen molar-refractivity contribution in [2.45, 2.75) is 32.6 Å². The minimum Gasteiger partial charge on any atom is -0.326 e. The maximum Gasteiger partial charge on any atom is 0.224 e. The second kappa shape index (κ2) is 7.06. The summed E-state index contributed by atoms with van der Waals surface area (Å²) in [5.74, 6) is 0.773. The fourth-order valence-electron chi connectivity index (χ4n) is 2.45. The number of nitrogens with one attached hydrogen (secondary N) is 2. The van der Waals surface area contributed by atoms with Crippen LogP contribution in [0.5, 0.6) is 0 Å². The number of amides is 1. The first-order valence-corrected chi connectivity index (χ1v) is 7.71. The van der Waals surface area contributed by atoms with Crippen LogP contribution in [0.1, 0.15) is 31.2 Å². The van der Waals surface area contributed by atoms with E-state index in [9.17, 15) is 4.79 Å². The van der Waals surface area contributed by atoms with Gasteiger partial charge in [0, 0.05) is 16.6 Å². The molecule has 0 aliphatic carbocycles. The van der Waals surface area contributed by atoms with Gasteiger partial charge in [-0.15, -0.1) is 0 Å². The highest BCUT2D eigenvalue weighted by atomic mass is 79.9. The van der Waals surface area contributed by atoms with Gasteiger partial charge in [-0.25, -0.2) is 0 Å². The SMILES string of the molecule is Cc1ccc(Br)cc1NC(=O)CCC1CCCNC1. The van der Waals surface area contributed by atoms with E-state index in [0.29, 0.717) is 12.3 Å². The molecule has 1 unspecified atom stereocenters. The van der Waals surface area contributed by atoms with Gasteiger partial charge in [0.15, 0.2) is 0 Å². The first-order chi connectivity index (χ1) is 9.15. The predicted molar refractivity (Wildman–Crippen MR) is 82.3 cm³/mol. The standard InChI is InChI=1S/C15H21BrN2O/c1-11-4-6-13(16)9-14(11)18-15(19)7-5-12-3-2-8-17-10-12/h4,6,9,12,17H,2-3,5,7-8,10H2,1H3,(H,18,19). The Kier molecular flexibility index (Phi) is 5.40. The van der Waals surface area contributed by atoms with Gasteiger partial charge in [-0.05, 0) is 62.9 Å². The zero-order valence-corrected chi connectivity index (χ0v) is 12.9. The largest absolute Gasteiger partial charge is 0.326 e. The molecule has 2 N–H and O–H groups in total. The molecule has 1 aromatic carbocycles. The van der Waals surface area contributed by atoms with Crippen molar-refractivity contribution in [2.24, 2.45) is 5.92 Å². The van der Waals surface area contributed by atoms with Crippen LogP contribution in [0.15, 0.2) is 22.7 Å². The van der Waals surface area contributed by atoms with Crippen LogP contribution < -0.4 is 10.6 Å². The van der Waals surface area contributed by atoms with Gasteiger partial charge in [0.05, 0.1) is 0 Å². The van der Waals surface area contributed by atoms with Gasteiger partial charge < -0.3 is 10.6 Å². The third kappa shape index (κ3) is 4.62. The van der Waals surface area contributed by atoms with E-state index in [4.69, 9.17) is 0 Å². The maximum absolute atomic E-state index is 12.0. The quantitative estimate of drug-likeness (QED) is 0.890. The highest BCUT2D eigenvalue weighted by Gasteiger charge is 2.14. The number of carbonyl (C=O) groups excluding carboxylic acids is 1. The van der Waals surface area contributed by atoms with Gasteiger partial charge >= 0.3 is 0 Å². The number of hydrogen-bond acceptors (Lipinski definition) is 2. The predicted octanol–water partition coefficient (Wildman–Crippen LogP) is 3.48. The number of anilines is 1. The minimum atomic E-state index is 0.117. The van der Waals surface area contributed by atoms with Gasteiger partial charge in [-0.3, -0.25) is 4.79 Å². The maximum atomic E-state index is 12.0. The second-order valence-corrected chi connectivity index (χ2v) is 6.17. The molecule has 0 radical (unpaired) electrons. The van der Waals surface area contributed by atoms with E-state index in [1.807, 2.05) is 25.1 Å². The summed E-state index contributed by atoms with van der Waals surface area (Å²) in [7, 11) is 0. The fourth-order valence-corrected chi connectivity index (χ4v) is 2.81. The summed E-state index contributed by atoms with van der Waals surface area (Å²) >= 11 is 3.43. The van der Waals surface area contributed by atoms with Crippen LogP contribution in [0, 0.1) is 12.8 Å². The number of aryl methyl sites for hydroxylation is 1. The molecule has 19 heavy (non-hydrogen) atoms. The van der Waals surface area contributed by atoms with E-state index in [0.717, 1.165) is 35.2 Å². The van der Waals surface area contributed by atoms with Crippen molar-refractivity contribution in [3.63, 3.8) is 0 Å². The molecule has 0 bridgehead atoms. The van der Waals surface area contributed by atoms with E-state index in [1.54, 1.807) is 0 Å². The number of halogens is 1. The molecule has 1 fully saturated rings. The Labute approximate surface area is 123 Å². The molecule has 2 rings (SSSR count). The lowest BCUT2D eigenvalue weighted by Crippen LogP contribution is -2.30. The summed E-state index contributed by atoms with van der Waals surface area (Å²) in [6, 6.07) is 5.94. The summed E-state index contributed by atoms with van der Waals surface area (Å²) < 4.78 is 0.991. The van der Waals surface area contributed by atoms with Crippen LogP contribution in [-0.4, -0.2) is 19.0 Å². The summed E-state index contributed by atoms with van der Waals surface area (Å²) in [4.78, 5) is 12.0. The number of hydrogen-bond donors (Lipinski definition) is 2. The minimum absolute atomic E-state index is 0.117. The third-order valence-corrected chi connectivity index (χ3v) is 4.15. The second-order valence-electron chi connectivity index (χ2n) is 5.26. The molecule has 1 atom stereocenters. The van der Waals surface area contributed by atoms with Crippen LogP contribution in [0.25, 0.3) is 0 Å². The molecule has 4 heteroatoms. The Morgan fingerprint density at radius 2 is 2.37 bits per heavy atom. The smallest absolute Gasteiger partial charge is 0.224 e. The lowest BCUT2D eigenvalue weighted by molar-refractivity contribution is -0.116. The molecular weight excluding hydrogens is 304 g/mol. The zero-order valence-electron chi connectivity index (χ0n) is 11.3. The van der Waals surface area contributed by atoms with Crippen LogP contribution in [0.3, 0.4) is 0 Å². The highest BCUT2D eigenvalue weighted by Crippen LogP contribution is 2.21. The molecule has 1 aromatic rings. The first kappa shape index (κ1) is 14.5. The highest BCUT2D eigenvalue weighted by molar-refractivity contribution is 9.10. The topological polar surface area (TPSA) is 41.1 Å². The normalized spacial score (nSPS) is 19.2. The van der Waals surface area contributed by atoms with Gasteiger partial charge in [0.1, 0.15) is 0 Å². The fraction of sp³-hybridized carbons (Fsp3) is 0.533. The average molecular weight is 325 g/mol. The number of carbonyl (C=O) groups is 1. The summed E-state index contributed by atoms with van der Waals surface area (Å²) in [6.45, 7) is 4.19. The number of piperidine rings is 1. The van der Waals surface area contributed by atoms with E-state index >= 15 is 0 Å². The summed E-state index contributed by atoms with van der Waals surface area (Å²) in [6.07, 6.45) is 4.07. The van der Waals surface area contributed by atoms with Crippen LogP contribution in [0.4, 0.5) is 5.69 Å². The van der Waals surface area contributed by atoms with Crippen molar-refractivity contribution >= 4 is 27.5 Å². The average Bonchev–Trinajstić information content (AvgIpc) is 2.42. The van der Waals surface area contributed by atoms with Crippen LogP contribution in [0.2, 0.25) is 0 Å². The van der Waals surface area contributed by atoms with Crippen molar-refractivity contribution in [3.05, 3.63) is 28.2 Å². The van der Waals surface area contributed by atoms with Crippen LogP contribution >= 0.6 is 15.9 Å². The summed E-state index contributed by atoms with van der Waals surface area (Å²) in [5, 5.41) is 6.39. The molecule has 1 aliphatic heterocycles. The van der Waals surface area contributed by atoms with E-state index in [-0.39, 0.29) is 5.91 Å². The van der Waals surface area contributed by atoms with Gasteiger partial charge in [-0.2, -0.15) is 0 Å². The van der Waals surface area contributed by atoms with E-state index < -0.39 is 0 Å². The van der Waals surface area contributed by atoms with Crippen molar-refractivity contribution in [1.29, 1.82) is 0 Å². The lowest BCUT2D eigenvalue weighted by atomic mass is 9.94. The molecule has 1 heterocycles. The van der Waals surface area contributed by atoms with E-state index in [1.165, 1.54) is 12.8 Å². The Bertz CT molecular complexity index is 442. The zero-order chi connectivity index (χ0) is 13.7. The first-order valence-electron chi connectivity index (χ1n) is 6.92. The molecule has 0 saturated carbocycles. The molecule has 1 amide bonds. The molecule has 1 saturated heterocycles. The monoisotopic (exact) mass is 324 g/mol.